The summed E-state index contributed by atoms with van der Waals surface area (Å²) in [6, 6.07) is 0. The van der Waals surface area contributed by atoms with E-state index in [0.717, 1.165) is 31.0 Å². The number of rotatable bonds is 1. The predicted octanol–water partition coefficient (Wildman–Crippen LogP) is 1.33. The number of hydrogen-bond donors (Lipinski definition) is 0. The lowest BCUT2D eigenvalue weighted by Gasteiger charge is -2.11. The largest absolute Gasteiger partial charge is 0.259 e. The quantitative estimate of drug-likeness (QED) is 0.380. The molecule has 0 aromatic carbocycles. The third-order valence-electron chi connectivity index (χ3n) is 1.28. The van der Waals surface area contributed by atoms with Crippen molar-refractivity contribution in [3.8, 4) is 0 Å². The topological polar surface area (TPSA) is 43.1 Å². The van der Waals surface area contributed by atoms with Crippen molar-refractivity contribution in [3.63, 3.8) is 0 Å². The van der Waals surface area contributed by atoms with Gasteiger partial charge in [-0.2, -0.15) is 0 Å². The van der Waals surface area contributed by atoms with E-state index in [1.165, 1.54) is 0 Å². The molecule has 0 aromatic heterocycles. The van der Waals surface area contributed by atoms with Crippen LogP contribution in [0.1, 0.15) is 19.3 Å². The number of hydrogen-bond acceptors (Lipinski definition) is 2. The summed E-state index contributed by atoms with van der Waals surface area (Å²) in [6.07, 6.45) is 4.10. The van der Waals surface area contributed by atoms with E-state index >= 15 is 0 Å². The molecule has 0 amide bonds. The average molecular weight is 113 g/mol. The molecule has 0 aliphatic heterocycles. The maximum Gasteiger partial charge on any atom is 0.233 e. The summed E-state index contributed by atoms with van der Waals surface area (Å²) in [7, 11) is 0. The molecule has 44 valence electrons. The molecule has 0 spiro atoms. The molecule has 0 bridgehead atoms. The van der Waals surface area contributed by atoms with E-state index in [9.17, 15) is 10.1 Å². The lowest BCUT2D eigenvalue weighted by atomic mass is 9.94. The maximum absolute atomic E-state index is 9.73. The Morgan fingerprint density at radius 3 is 2.38 bits per heavy atom. The summed E-state index contributed by atoms with van der Waals surface area (Å²) >= 11 is 0. The van der Waals surface area contributed by atoms with Crippen LogP contribution in [-0.4, -0.2) is 4.92 Å². The molecule has 3 nitrogen and oxygen atoms in total. The fraction of sp³-hybridized carbons (Fsp3) is 0.600. The molecule has 0 N–H and O–H groups in total. The van der Waals surface area contributed by atoms with Gasteiger partial charge in [-0.1, -0.05) is 0 Å². The van der Waals surface area contributed by atoms with E-state index in [2.05, 4.69) is 0 Å². The Morgan fingerprint density at radius 1 is 1.62 bits per heavy atom. The molecule has 1 aliphatic carbocycles. The van der Waals surface area contributed by atoms with Gasteiger partial charge in [0, 0.05) is 0 Å². The van der Waals surface area contributed by atoms with Crippen LogP contribution in [0.5, 0.6) is 0 Å². The van der Waals surface area contributed by atoms with Crippen molar-refractivity contribution in [1.29, 1.82) is 0 Å². The van der Waals surface area contributed by atoms with Gasteiger partial charge >= 0.3 is 0 Å². The van der Waals surface area contributed by atoms with Crippen molar-refractivity contribution in [2.45, 2.75) is 19.3 Å². The Labute approximate surface area is 47.2 Å². The first-order valence-corrected chi connectivity index (χ1v) is 2.62. The van der Waals surface area contributed by atoms with E-state index in [1.807, 2.05) is 0 Å². The van der Waals surface area contributed by atoms with Crippen LogP contribution in [0.3, 0.4) is 0 Å². The Hall–Kier alpha value is -0.860. The summed E-state index contributed by atoms with van der Waals surface area (Å²) < 4.78 is 0. The molecule has 3 heteroatoms. The smallest absolute Gasteiger partial charge is 0.233 e. The molecule has 0 radical (unpaired) electrons. The Bertz CT molecular complexity index is 133. The van der Waals surface area contributed by atoms with Crippen molar-refractivity contribution in [2.75, 3.05) is 0 Å². The first-order valence-electron chi connectivity index (χ1n) is 2.62. The van der Waals surface area contributed by atoms with Crippen molar-refractivity contribution >= 4 is 0 Å². The summed E-state index contributed by atoms with van der Waals surface area (Å²) in [5.41, 5.74) is 0.981. The predicted molar refractivity (Wildman–Crippen MR) is 28.9 cm³/mol. The molecule has 0 atom stereocenters. The lowest BCUT2D eigenvalue weighted by Crippen LogP contribution is -1.99. The molecule has 0 unspecified atom stereocenters. The molecule has 1 rings (SSSR count). The lowest BCUT2D eigenvalue weighted by molar-refractivity contribution is -0.404. The third-order valence-corrected chi connectivity index (χ3v) is 1.28. The molecule has 0 heterocycles. The maximum atomic E-state index is 9.73. The molecule has 1 saturated carbocycles. The zero-order valence-electron chi connectivity index (χ0n) is 4.46. The third kappa shape index (κ3) is 1.05. The highest BCUT2D eigenvalue weighted by Gasteiger charge is 2.11. The highest BCUT2D eigenvalue weighted by molar-refractivity contribution is 5.05. The minimum absolute atomic E-state index is 0.380. The zero-order chi connectivity index (χ0) is 5.98. The number of nitrogens with zero attached hydrogens (tertiary/aromatic N) is 1. The van der Waals surface area contributed by atoms with Crippen LogP contribution in [0.2, 0.25) is 0 Å². The molecule has 0 saturated heterocycles. The van der Waals surface area contributed by atoms with E-state index in [-0.39, 0.29) is 4.92 Å². The molecule has 1 aliphatic rings. The van der Waals surface area contributed by atoms with Crippen molar-refractivity contribution < 1.29 is 4.92 Å². The highest BCUT2D eigenvalue weighted by Crippen LogP contribution is 2.24. The van der Waals surface area contributed by atoms with Gasteiger partial charge < -0.3 is 0 Å². The monoisotopic (exact) mass is 113 g/mol. The van der Waals surface area contributed by atoms with Crippen LogP contribution in [0.4, 0.5) is 0 Å². The van der Waals surface area contributed by atoms with Crippen LogP contribution in [0.15, 0.2) is 11.8 Å². The van der Waals surface area contributed by atoms with Gasteiger partial charge in [-0.25, -0.2) is 0 Å². The SMILES string of the molecule is O=[N+]([O-])C=C1CCC1. The Morgan fingerprint density at radius 2 is 2.25 bits per heavy atom. The van der Waals surface area contributed by atoms with Crippen LogP contribution in [-0.2, 0) is 0 Å². The number of nitro groups is 1. The minimum atomic E-state index is -0.380. The summed E-state index contributed by atoms with van der Waals surface area (Å²) in [5.74, 6) is 0. The van der Waals surface area contributed by atoms with Gasteiger partial charge in [-0.05, 0) is 24.8 Å². The van der Waals surface area contributed by atoms with E-state index in [0.29, 0.717) is 0 Å². The van der Waals surface area contributed by atoms with Gasteiger partial charge in [0.25, 0.3) is 0 Å². The molecular weight excluding hydrogens is 106 g/mol. The van der Waals surface area contributed by atoms with Gasteiger partial charge in [0.1, 0.15) is 0 Å². The van der Waals surface area contributed by atoms with Crippen LogP contribution in [0, 0.1) is 10.1 Å². The van der Waals surface area contributed by atoms with Crippen molar-refractivity contribution in [2.24, 2.45) is 0 Å². The van der Waals surface area contributed by atoms with Gasteiger partial charge in [0.05, 0.1) is 4.92 Å². The van der Waals surface area contributed by atoms with Crippen molar-refractivity contribution in [1.82, 2.24) is 0 Å². The standard InChI is InChI=1S/C5H7NO2/c7-6(8)4-5-2-1-3-5/h4H,1-3H2. The van der Waals surface area contributed by atoms with Gasteiger partial charge in [0.15, 0.2) is 0 Å². The second kappa shape index (κ2) is 1.94. The fourth-order valence-electron chi connectivity index (χ4n) is 0.659. The fourth-order valence-corrected chi connectivity index (χ4v) is 0.659. The minimum Gasteiger partial charge on any atom is -0.259 e. The first-order chi connectivity index (χ1) is 3.79. The van der Waals surface area contributed by atoms with Gasteiger partial charge in [-0.15, -0.1) is 0 Å². The second-order valence-electron chi connectivity index (χ2n) is 1.93. The van der Waals surface area contributed by atoms with E-state index < -0.39 is 0 Å². The van der Waals surface area contributed by atoms with Crippen molar-refractivity contribution in [3.05, 3.63) is 21.9 Å². The van der Waals surface area contributed by atoms with Crippen LogP contribution < -0.4 is 0 Å². The Balaban J connectivity index is 2.42. The molecule has 1 fully saturated rings. The molecule has 8 heavy (non-hydrogen) atoms. The molecular formula is C5H7NO2. The Kier molecular flexibility index (Phi) is 1.28. The highest BCUT2D eigenvalue weighted by atomic mass is 16.6. The average Bonchev–Trinajstić information content (AvgIpc) is 1.55. The first kappa shape index (κ1) is 5.28. The van der Waals surface area contributed by atoms with Crippen LogP contribution >= 0.6 is 0 Å². The van der Waals surface area contributed by atoms with E-state index in [4.69, 9.17) is 0 Å². The molecule has 0 aromatic rings. The summed E-state index contributed by atoms with van der Waals surface area (Å²) in [4.78, 5) is 9.35. The van der Waals surface area contributed by atoms with E-state index in [1.54, 1.807) is 0 Å². The number of allylic oxidation sites excluding steroid dienone is 1. The van der Waals surface area contributed by atoms with Crippen LogP contribution in [0.25, 0.3) is 0 Å². The zero-order valence-corrected chi connectivity index (χ0v) is 4.46. The normalized spacial score (nSPS) is 17.2. The van der Waals surface area contributed by atoms with Gasteiger partial charge in [-0.3, -0.25) is 10.1 Å². The van der Waals surface area contributed by atoms with Gasteiger partial charge in [0.2, 0.25) is 6.20 Å². The summed E-state index contributed by atoms with van der Waals surface area (Å²) in [5, 5.41) is 9.73. The second-order valence-corrected chi connectivity index (χ2v) is 1.93. The summed E-state index contributed by atoms with van der Waals surface area (Å²) in [6.45, 7) is 0.